The lowest BCUT2D eigenvalue weighted by atomic mass is 10.1. The van der Waals surface area contributed by atoms with Gasteiger partial charge in [-0.2, -0.15) is 0 Å². The molecule has 0 spiro atoms. The fraction of sp³-hybridized carbons (Fsp3) is 0.278. The summed E-state index contributed by atoms with van der Waals surface area (Å²) in [4.78, 5) is 6.49. The molecule has 0 heterocycles. The first kappa shape index (κ1) is 18.1. The Labute approximate surface area is 146 Å². The van der Waals surface area contributed by atoms with Crippen LogP contribution in [0.25, 0.3) is 0 Å². The molecule has 1 N–H and O–H groups in total. The van der Waals surface area contributed by atoms with E-state index in [1.165, 1.54) is 13.2 Å². The molecule has 0 bridgehead atoms. The van der Waals surface area contributed by atoms with Crippen LogP contribution in [-0.2, 0) is 0 Å². The Kier molecular flexibility index (Phi) is 6.04. The summed E-state index contributed by atoms with van der Waals surface area (Å²) in [6.45, 7) is 4.83. The number of aliphatic imine (C=N–C) groups is 1. The lowest BCUT2D eigenvalue weighted by Gasteiger charge is -2.14. The molecule has 0 saturated carbocycles. The Hall–Kier alpha value is -2.27. The fourth-order valence-electron chi connectivity index (χ4n) is 2.14. The van der Waals surface area contributed by atoms with Gasteiger partial charge in [0, 0.05) is 30.4 Å². The molecule has 0 aliphatic heterocycles. The number of nitrogens with zero attached hydrogens (tertiary/aromatic N) is 2. The number of anilines is 2. The zero-order chi connectivity index (χ0) is 17.7. The molecule has 128 valence electrons. The third-order valence-electron chi connectivity index (χ3n) is 3.58. The average Bonchev–Trinajstić information content (AvgIpc) is 2.53. The summed E-state index contributed by atoms with van der Waals surface area (Å²) in [5, 5.41) is 3.77. The molecule has 2 aromatic rings. The molecule has 0 aliphatic rings. The molecule has 0 fully saturated rings. The summed E-state index contributed by atoms with van der Waals surface area (Å²) in [5.74, 6) is -0.234. The van der Waals surface area contributed by atoms with Crippen LogP contribution in [0.3, 0.4) is 0 Å². The van der Waals surface area contributed by atoms with E-state index in [2.05, 4.69) is 10.3 Å². The number of hydrogen-bond donors (Lipinski definition) is 1. The van der Waals surface area contributed by atoms with Crippen molar-refractivity contribution >= 4 is 35.0 Å². The zero-order valence-corrected chi connectivity index (χ0v) is 15.0. The second-order valence-corrected chi connectivity index (χ2v) is 5.85. The number of halogens is 2. The number of nitrogens with one attached hydrogen (secondary N) is 1. The van der Waals surface area contributed by atoms with Crippen LogP contribution in [-0.4, -0.2) is 31.9 Å². The number of methoxy groups -OCH3 is 1. The minimum Gasteiger partial charge on any atom is -0.494 e. The van der Waals surface area contributed by atoms with E-state index in [9.17, 15) is 4.39 Å². The minimum atomic E-state index is -0.433. The van der Waals surface area contributed by atoms with Crippen LogP contribution in [0, 0.1) is 12.7 Å². The maximum Gasteiger partial charge on any atom is 0.167 e. The standard InChI is InChI=1S/C18H21ClFN3O/c1-5-23(3)11-21-18-12(2)8-13(19)9-16(18)22-14-6-7-17(24-4)15(20)10-14/h6-11,22H,5H2,1-4H3. The van der Waals surface area contributed by atoms with Gasteiger partial charge in [0.25, 0.3) is 0 Å². The topological polar surface area (TPSA) is 36.9 Å². The molecule has 0 amide bonds. The summed E-state index contributed by atoms with van der Waals surface area (Å²) < 4.78 is 18.8. The Morgan fingerprint density at radius 1 is 1.33 bits per heavy atom. The minimum absolute atomic E-state index is 0.200. The molecule has 4 nitrogen and oxygen atoms in total. The highest BCUT2D eigenvalue weighted by molar-refractivity contribution is 6.31. The van der Waals surface area contributed by atoms with Crippen molar-refractivity contribution in [2.75, 3.05) is 26.0 Å². The molecule has 0 aromatic heterocycles. The van der Waals surface area contributed by atoms with Crippen molar-refractivity contribution < 1.29 is 9.13 Å². The first-order valence-corrected chi connectivity index (χ1v) is 7.97. The second kappa shape index (κ2) is 8.02. The Balaban J connectivity index is 2.38. The monoisotopic (exact) mass is 349 g/mol. The molecule has 0 unspecified atom stereocenters. The van der Waals surface area contributed by atoms with Crippen LogP contribution < -0.4 is 10.1 Å². The van der Waals surface area contributed by atoms with Gasteiger partial charge in [-0.3, -0.25) is 0 Å². The first-order chi connectivity index (χ1) is 11.4. The predicted octanol–water partition coefficient (Wildman–Crippen LogP) is 5.15. The quantitative estimate of drug-likeness (QED) is 0.578. The van der Waals surface area contributed by atoms with E-state index < -0.39 is 5.82 Å². The van der Waals surface area contributed by atoms with Crippen molar-refractivity contribution in [3.8, 4) is 5.75 Å². The number of benzene rings is 2. The van der Waals surface area contributed by atoms with Gasteiger partial charge in [-0.15, -0.1) is 0 Å². The van der Waals surface area contributed by atoms with E-state index in [1.807, 2.05) is 31.9 Å². The zero-order valence-electron chi connectivity index (χ0n) is 14.2. The van der Waals surface area contributed by atoms with Crippen LogP contribution in [0.1, 0.15) is 12.5 Å². The highest BCUT2D eigenvalue weighted by atomic mass is 35.5. The third kappa shape index (κ3) is 4.38. The van der Waals surface area contributed by atoms with Crippen molar-refractivity contribution in [3.63, 3.8) is 0 Å². The van der Waals surface area contributed by atoms with Gasteiger partial charge in [-0.05, 0) is 43.7 Å². The van der Waals surface area contributed by atoms with Gasteiger partial charge >= 0.3 is 0 Å². The summed E-state index contributed by atoms with van der Waals surface area (Å²) in [5.41, 5.74) is 3.00. The predicted molar refractivity (Wildman–Crippen MR) is 98.9 cm³/mol. The van der Waals surface area contributed by atoms with Crippen molar-refractivity contribution in [1.29, 1.82) is 0 Å². The molecular weight excluding hydrogens is 329 g/mol. The van der Waals surface area contributed by atoms with Gasteiger partial charge < -0.3 is 15.0 Å². The van der Waals surface area contributed by atoms with Crippen LogP contribution in [0.2, 0.25) is 5.02 Å². The van der Waals surface area contributed by atoms with Gasteiger partial charge in [0.2, 0.25) is 0 Å². The highest BCUT2D eigenvalue weighted by Crippen LogP contribution is 2.35. The van der Waals surface area contributed by atoms with Gasteiger partial charge in [-0.1, -0.05) is 11.6 Å². The molecule has 0 radical (unpaired) electrons. The van der Waals surface area contributed by atoms with Crippen LogP contribution in [0.15, 0.2) is 35.3 Å². The molecule has 2 rings (SSSR count). The van der Waals surface area contributed by atoms with Crippen molar-refractivity contribution in [2.24, 2.45) is 4.99 Å². The van der Waals surface area contributed by atoms with Crippen molar-refractivity contribution in [1.82, 2.24) is 4.90 Å². The molecule has 0 atom stereocenters. The summed E-state index contributed by atoms with van der Waals surface area (Å²) in [6.07, 6.45) is 1.76. The lowest BCUT2D eigenvalue weighted by molar-refractivity contribution is 0.386. The van der Waals surface area contributed by atoms with Gasteiger partial charge in [-0.25, -0.2) is 9.38 Å². The maximum absolute atomic E-state index is 13.9. The maximum atomic E-state index is 13.9. The lowest BCUT2D eigenvalue weighted by Crippen LogP contribution is -2.14. The number of ether oxygens (including phenoxy) is 1. The number of aryl methyl sites for hydroxylation is 1. The largest absolute Gasteiger partial charge is 0.494 e. The molecule has 2 aromatic carbocycles. The van der Waals surface area contributed by atoms with E-state index in [-0.39, 0.29) is 5.75 Å². The van der Waals surface area contributed by atoms with Crippen LogP contribution in [0.4, 0.5) is 21.5 Å². The second-order valence-electron chi connectivity index (χ2n) is 5.41. The van der Waals surface area contributed by atoms with Crippen LogP contribution >= 0.6 is 11.6 Å². The van der Waals surface area contributed by atoms with Crippen molar-refractivity contribution in [2.45, 2.75) is 13.8 Å². The van der Waals surface area contributed by atoms with E-state index in [0.29, 0.717) is 16.4 Å². The van der Waals surface area contributed by atoms with E-state index in [1.54, 1.807) is 24.5 Å². The van der Waals surface area contributed by atoms with Crippen LogP contribution in [0.5, 0.6) is 5.75 Å². The van der Waals surface area contributed by atoms with Gasteiger partial charge in [0.1, 0.15) is 0 Å². The van der Waals surface area contributed by atoms with Crippen molar-refractivity contribution in [3.05, 3.63) is 46.7 Å². The molecular formula is C18H21ClFN3O. The summed E-state index contributed by atoms with van der Waals surface area (Å²) in [6, 6.07) is 8.31. The fourth-order valence-corrected chi connectivity index (χ4v) is 2.41. The SMILES string of the molecule is CCN(C)C=Nc1c(C)cc(Cl)cc1Nc1ccc(OC)c(F)c1. The Morgan fingerprint density at radius 2 is 2.08 bits per heavy atom. The highest BCUT2D eigenvalue weighted by Gasteiger charge is 2.09. The normalized spacial score (nSPS) is 10.9. The molecule has 24 heavy (non-hydrogen) atoms. The van der Waals surface area contributed by atoms with E-state index >= 15 is 0 Å². The average molecular weight is 350 g/mol. The van der Waals surface area contributed by atoms with E-state index in [4.69, 9.17) is 16.3 Å². The third-order valence-corrected chi connectivity index (χ3v) is 3.80. The summed E-state index contributed by atoms with van der Waals surface area (Å²) in [7, 11) is 3.38. The Morgan fingerprint density at radius 3 is 2.71 bits per heavy atom. The number of hydrogen-bond acceptors (Lipinski definition) is 3. The smallest absolute Gasteiger partial charge is 0.167 e. The Bertz CT molecular complexity index is 749. The van der Waals surface area contributed by atoms with E-state index in [0.717, 1.165) is 17.8 Å². The van der Waals surface area contributed by atoms with Gasteiger partial charge in [0.05, 0.1) is 24.8 Å². The number of rotatable bonds is 6. The van der Waals surface area contributed by atoms with Gasteiger partial charge in [0.15, 0.2) is 11.6 Å². The summed E-state index contributed by atoms with van der Waals surface area (Å²) >= 11 is 6.16. The molecule has 0 saturated heterocycles. The molecule has 6 heteroatoms. The first-order valence-electron chi connectivity index (χ1n) is 7.59. The molecule has 0 aliphatic carbocycles.